The molecular weight excluding hydrogens is 206 g/mol. The lowest BCUT2D eigenvalue weighted by atomic mass is 10.4. The first-order chi connectivity index (χ1) is 7.72. The van der Waals surface area contributed by atoms with E-state index in [4.69, 9.17) is 0 Å². The number of nitrogens with one attached hydrogen (secondary N) is 2. The maximum absolute atomic E-state index is 11.9. The van der Waals surface area contributed by atoms with Gasteiger partial charge in [-0.05, 0) is 19.9 Å². The average molecular weight is 223 g/mol. The van der Waals surface area contributed by atoms with Gasteiger partial charge in [0.2, 0.25) is 5.82 Å². The van der Waals surface area contributed by atoms with Crippen LogP contribution in [0.4, 0.5) is 0 Å². The summed E-state index contributed by atoms with van der Waals surface area (Å²) in [5, 5.41) is 9.79. The van der Waals surface area contributed by atoms with Crippen molar-refractivity contribution in [3.8, 4) is 0 Å². The standard InChI is InChI=1S/C10H17N5O/c1-11-5-6-15(2)10(16)9-12-8(13-14-9)7-3-4-7/h7,11H,3-6H2,1-2H3,(H,12,13,14). The number of amides is 1. The van der Waals surface area contributed by atoms with E-state index in [0.717, 1.165) is 25.2 Å². The topological polar surface area (TPSA) is 73.9 Å². The molecule has 1 aliphatic rings. The molecule has 0 atom stereocenters. The minimum Gasteiger partial charge on any atom is -0.338 e. The molecule has 0 saturated heterocycles. The molecule has 1 aliphatic carbocycles. The molecule has 0 unspecified atom stereocenters. The van der Waals surface area contributed by atoms with Crippen LogP contribution in [0, 0.1) is 0 Å². The number of hydrogen-bond acceptors (Lipinski definition) is 4. The van der Waals surface area contributed by atoms with E-state index in [1.165, 1.54) is 0 Å². The highest BCUT2D eigenvalue weighted by molar-refractivity contribution is 5.90. The Morgan fingerprint density at radius 1 is 1.62 bits per heavy atom. The molecule has 0 spiro atoms. The fourth-order valence-electron chi connectivity index (χ4n) is 1.46. The highest BCUT2D eigenvalue weighted by atomic mass is 16.2. The minimum atomic E-state index is -0.126. The molecule has 1 heterocycles. The van der Waals surface area contributed by atoms with Gasteiger partial charge in [0.1, 0.15) is 5.82 Å². The van der Waals surface area contributed by atoms with Gasteiger partial charge in [-0.3, -0.25) is 9.89 Å². The predicted octanol–water partition coefficient (Wildman–Crippen LogP) is -0.0265. The third-order valence-corrected chi connectivity index (χ3v) is 2.70. The number of carbonyl (C=O) groups excluding carboxylic acids is 1. The summed E-state index contributed by atoms with van der Waals surface area (Å²) in [6.07, 6.45) is 2.30. The second kappa shape index (κ2) is 4.61. The molecule has 88 valence electrons. The molecule has 1 aromatic rings. The third-order valence-electron chi connectivity index (χ3n) is 2.70. The second-order valence-corrected chi connectivity index (χ2v) is 4.15. The number of aromatic amines is 1. The first-order valence-electron chi connectivity index (χ1n) is 5.54. The smallest absolute Gasteiger partial charge is 0.293 e. The van der Waals surface area contributed by atoms with Gasteiger partial charge in [0.15, 0.2) is 0 Å². The van der Waals surface area contributed by atoms with Crippen LogP contribution in [-0.2, 0) is 0 Å². The van der Waals surface area contributed by atoms with Crippen molar-refractivity contribution in [2.45, 2.75) is 18.8 Å². The summed E-state index contributed by atoms with van der Waals surface area (Å²) in [4.78, 5) is 17.7. The highest BCUT2D eigenvalue weighted by Gasteiger charge is 2.28. The predicted molar refractivity (Wildman–Crippen MR) is 59.2 cm³/mol. The number of carbonyl (C=O) groups is 1. The van der Waals surface area contributed by atoms with Crippen molar-refractivity contribution in [3.63, 3.8) is 0 Å². The van der Waals surface area contributed by atoms with Crippen LogP contribution in [-0.4, -0.2) is 53.2 Å². The van der Waals surface area contributed by atoms with E-state index >= 15 is 0 Å². The van der Waals surface area contributed by atoms with Crippen molar-refractivity contribution in [3.05, 3.63) is 11.6 Å². The SMILES string of the molecule is CNCCN(C)C(=O)c1n[nH]c(C2CC2)n1. The summed E-state index contributed by atoms with van der Waals surface area (Å²) in [7, 11) is 3.61. The zero-order valence-electron chi connectivity index (χ0n) is 9.66. The lowest BCUT2D eigenvalue weighted by Crippen LogP contribution is -2.33. The molecule has 6 heteroatoms. The summed E-state index contributed by atoms with van der Waals surface area (Å²) in [5.41, 5.74) is 0. The van der Waals surface area contributed by atoms with Gasteiger partial charge in [-0.2, -0.15) is 0 Å². The second-order valence-electron chi connectivity index (χ2n) is 4.15. The Morgan fingerprint density at radius 2 is 2.38 bits per heavy atom. The van der Waals surface area contributed by atoms with Gasteiger partial charge in [0, 0.05) is 26.1 Å². The monoisotopic (exact) mass is 223 g/mol. The molecule has 1 aromatic heterocycles. The lowest BCUT2D eigenvalue weighted by Gasteiger charge is -2.14. The fraction of sp³-hybridized carbons (Fsp3) is 0.700. The Kier molecular flexibility index (Phi) is 3.19. The molecule has 2 rings (SSSR count). The molecule has 1 saturated carbocycles. The van der Waals surface area contributed by atoms with Crippen molar-refractivity contribution in [1.29, 1.82) is 0 Å². The van der Waals surface area contributed by atoms with Gasteiger partial charge in [0.05, 0.1) is 0 Å². The highest BCUT2D eigenvalue weighted by Crippen LogP contribution is 2.37. The van der Waals surface area contributed by atoms with Crippen LogP contribution >= 0.6 is 0 Å². The van der Waals surface area contributed by atoms with Gasteiger partial charge >= 0.3 is 0 Å². The molecule has 0 radical (unpaired) electrons. The fourth-order valence-corrected chi connectivity index (χ4v) is 1.46. The summed E-state index contributed by atoms with van der Waals surface area (Å²) < 4.78 is 0. The van der Waals surface area contributed by atoms with Crippen LogP contribution in [0.5, 0.6) is 0 Å². The van der Waals surface area contributed by atoms with E-state index < -0.39 is 0 Å². The van der Waals surface area contributed by atoms with Crippen LogP contribution in [0.25, 0.3) is 0 Å². The average Bonchev–Trinajstić information content (AvgIpc) is 3.03. The number of aromatic nitrogens is 3. The quantitative estimate of drug-likeness (QED) is 0.735. The molecular formula is C10H17N5O. The maximum Gasteiger partial charge on any atom is 0.293 e. The van der Waals surface area contributed by atoms with Crippen LogP contribution < -0.4 is 5.32 Å². The Bertz CT molecular complexity index is 371. The van der Waals surface area contributed by atoms with E-state index in [9.17, 15) is 4.79 Å². The molecule has 16 heavy (non-hydrogen) atoms. The molecule has 0 aromatic carbocycles. The van der Waals surface area contributed by atoms with E-state index in [-0.39, 0.29) is 11.7 Å². The van der Waals surface area contributed by atoms with E-state index in [1.807, 2.05) is 7.05 Å². The van der Waals surface area contributed by atoms with Gasteiger partial charge in [-0.1, -0.05) is 0 Å². The van der Waals surface area contributed by atoms with Crippen LogP contribution in [0.15, 0.2) is 0 Å². The maximum atomic E-state index is 11.9. The van der Waals surface area contributed by atoms with Crippen LogP contribution in [0.3, 0.4) is 0 Å². The van der Waals surface area contributed by atoms with Gasteiger partial charge in [-0.15, -0.1) is 5.10 Å². The number of rotatable bonds is 5. The normalized spacial score (nSPS) is 15.1. The van der Waals surface area contributed by atoms with Crippen molar-refractivity contribution < 1.29 is 4.79 Å². The summed E-state index contributed by atoms with van der Waals surface area (Å²) in [6, 6.07) is 0. The summed E-state index contributed by atoms with van der Waals surface area (Å²) in [6.45, 7) is 1.42. The third kappa shape index (κ3) is 2.38. The van der Waals surface area contributed by atoms with Crippen molar-refractivity contribution in [1.82, 2.24) is 25.4 Å². The van der Waals surface area contributed by atoms with Crippen LogP contribution in [0.1, 0.15) is 35.2 Å². The largest absolute Gasteiger partial charge is 0.338 e. The molecule has 2 N–H and O–H groups in total. The van der Waals surface area contributed by atoms with Gasteiger partial charge in [0.25, 0.3) is 5.91 Å². The Hall–Kier alpha value is -1.43. The number of likely N-dealkylation sites (N-methyl/N-ethyl adjacent to an activating group) is 2. The van der Waals surface area contributed by atoms with Gasteiger partial charge in [-0.25, -0.2) is 4.98 Å². The van der Waals surface area contributed by atoms with Gasteiger partial charge < -0.3 is 10.2 Å². The van der Waals surface area contributed by atoms with E-state index in [0.29, 0.717) is 12.5 Å². The molecule has 6 nitrogen and oxygen atoms in total. The number of hydrogen-bond donors (Lipinski definition) is 2. The number of H-pyrrole nitrogens is 1. The molecule has 0 bridgehead atoms. The minimum absolute atomic E-state index is 0.126. The zero-order chi connectivity index (χ0) is 11.5. The molecule has 1 fully saturated rings. The van der Waals surface area contributed by atoms with Crippen molar-refractivity contribution in [2.75, 3.05) is 27.2 Å². The summed E-state index contributed by atoms with van der Waals surface area (Å²) >= 11 is 0. The Balaban J connectivity index is 1.96. The van der Waals surface area contributed by atoms with E-state index in [2.05, 4.69) is 20.5 Å². The molecule has 0 aliphatic heterocycles. The number of nitrogens with zero attached hydrogens (tertiary/aromatic N) is 3. The van der Waals surface area contributed by atoms with Crippen molar-refractivity contribution >= 4 is 5.91 Å². The Labute approximate surface area is 94.4 Å². The first kappa shape index (κ1) is 11.1. The molecule has 1 amide bonds. The van der Waals surface area contributed by atoms with Crippen LogP contribution in [0.2, 0.25) is 0 Å². The lowest BCUT2D eigenvalue weighted by molar-refractivity contribution is 0.0785. The van der Waals surface area contributed by atoms with Crippen molar-refractivity contribution in [2.24, 2.45) is 0 Å². The first-order valence-corrected chi connectivity index (χ1v) is 5.54. The Morgan fingerprint density at radius 3 is 3.00 bits per heavy atom. The summed E-state index contributed by atoms with van der Waals surface area (Å²) in [5.74, 6) is 1.50. The zero-order valence-corrected chi connectivity index (χ0v) is 9.66. The van der Waals surface area contributed by atoms with E-state index in [1.54, 1.807) is 11.9 Å².